The van der Waals surface area contributed by atoms with Crippen LogP contribution in [0, 0.1) is 5.82 Å². The van der Waals surface area contributed by atoms with Gasteiger partial charge in [-0.1, -0.05) is 18.2 Å². The molecule has 0 bridgehead atoms. The van der Waals surface area contributed by atoms with Gasteiger partial charge in [0.15, 0.2) is 5.78 Å². The summed E-state index contributed by atoms with van der Waals surface area (Å²) in [4.78, 5) is 36.7. The lowest BCUT2D eigenvalue weighted by Gasteiger charge is -2.21. The smallest absolute Gasteiger partial charge is 0.226 e. The molecule has 0 heterocycles. The number of carbonyl (C=O) groups is 3. The summed E-state index contributed by atoms with van der Waals surface area (Å²) in [5.74, 6) is -0.736. The van der Waals surface area contributed by atoms with Crippen LogP contribution >= 0.6 is 0 Å². The summed E-state index contributed by atoms with van der Waals surface area (Å²) in [6.07, 6.45) is 0.520. The first kappa shape index (κ1) is 20.3. The summed E-state index contributed by atoms with van der Waals surface area (Å²) in [6, 6.07) is 13.1. The van der Waals surface area contributed by atoms with Crippen molar-refractivity contribution in [3.05, 3.63) is 65.5 Å². The third-order valence-electron chi connectivity index (χ3n) is 4.24. The van der Waals surface area contributed by atoms with Crippen molar-refractivity contribution in [1.29, 1.82) is 0 Å². The minimum Gasteiger partial charge on any atom is -0.342 e. The van der Waals surface area contributed by atoms with Gasteiger partial charge in [-0.2, -0.15) is 0 Å². The van der Waals surface area contributed by atoms with Gasteiger partial charge in [0.25, 0.3) is 0 Å². The number of rotatable bonds is 8. The number of anilines is 1. The van der Waals surface area contributed by atoms with Crippen LogP contribution < -0.4 is 5.32 Å². The summed E-state index contributed by atoms with van der Waals surface area (Å²) in [6.45, 7) is 3.50. The molecule has 0 radical (unpaired) electrons. The van der Waals surface area contributed by atoms with Gasteiger partial charge in [-0.05, 0) is 49.2 Å². The molecule has 0 aliphatic rings. The van der Waals surface area contributed by atoms with Gasteiger partial charge in [0.05, 0.1) is 0 Å². The van der Waals surface area contributed by atoms with Crippen molar-refractivity contribution in [3.63, 3.8) is 0 Å². The Morgan fingerprint density at radius 1 is 0.963 bits per heavy atom. The molecule has 0 spiro atoms. The normalized spacial score (nSPS) is 10.3. The number of nitrogens with zero attached hydrogens (tertiary/aromatic N) is 1. The SMILES string of the molecule is CC(=O)c1ccc(NC(=O)CCN(CCc2ccccc2F)C(C)=O)cc1. The van der Waals surface area contributed by atoms with E-state index >= 15 is 0 Å². The second-order valence-electron chi connectivity index (χ2n) is 6.28. The Morgan fingerprint density at radius 2 is 1.63 bits per heavy atom. The van der Waals surface area contributed by atoms with E-state index in [1.807, 2.05) is 0 Å². The van der Waals surface area contributed by atoms with Crippen LogP contribution in [0.5, 0.6) is 0 Å². The molecule has 1 N–H and O–H groups in total. The van der Waals surface area contributed by atoms with E-state index in [4.69, 9.17) is 0 Å². The quantitative estimate of drug-likeness (QED) is 0.724. The average molecular weight is 370 g/mol. The first-order valence-corrected chi connectivity index (χ1v) is 8.76. The molecule has 0 fully saturated rings. The number of benzene rings is 2. The maximum Gasteiger partial charge on any atom is 0.226 e. The predicted octanol–water partition coefficient (Wildman–Crippen LogP) is 3.45. The molecule has 0 atom stereocenters. The minimum atomic E-state index is -0.298. The Bertz CT molecular complexity index is 818. The molecule has 27 heavy (non-hydrogen) atoms. The molecule has 2 aromatic rings. The Morgan fingerprint density at radius 3 is 2.22 bits per heavy atom. The summed E-state index contributed by atoms with van der Waals surface area (Å²) >= 11 is 0. The van der Waals surface area contributed by atoms with Crippen LogP contribution in [0.3, 0.4) is 0 Å². The van der Waals surface area contributed by atoms with E-state index in [2.05, 4.69) is 5.32 Å². The minimum absolute atomic E-state index is 0.0418. The zero-order valence-electron chi connectivity index (χ0n) is 15.5. The number of ketones is 1. The molecule has 0 saturated heterocycles. The van der Waals surface area contributed by atoms with Crippen LogP contribution in [0.25, 0.3) is 0 Å². The van der Waals surface area contributed by atoms with Gasteiger partial charge in [0.1, 0.15) is 5.82 Å². The van der Waals surface area contributed by atoms with Crippen molar-refractivity contribution in [2.24, 2.45) is 0 Å². The zero-order valence-corrected chi connectivity index (χ0v) is 15.5. The van der Waals surface area contributed by atoms with Gasteiger partial charge in [-0.15, -0.1) is 0 Å². The zero-order chi connectivity index (χ0) is 19.8. The molecular formula is C21H23FN2O3. The van der Waals surface area contributed by atoms with Crippen LogP contribution in [0.1, 0.15) is 36.2 Å². The lowest BCUT2D eigenvalue weighted by molar-refractivity contribution is -0.129. The molecule has 0 aromatic heterocycles. The number of hydrogen-bond acceptors (Lipinski definition) is 3. The second-order valence-corrected chi connectivity index (χ2v) is 6.28. The number of Topliss-reactive ketones (excluding diaryl/α,β-unsaturated/α-hetero) is 1. The summed E-state index contributed by atoms with van der Waals surface area (Å²) in [7, 11) is 0. The predicted molar refractivity (Wildman–Crippen MR) is 102 cm³/mol. The van der Waals surface area contributed by atoms with E-state index in [0.29, 0.717) is 29.8 Å². The number of carbonyl (C=O) groups excluding carboxylic acids is 3. The van der Waals surface area contributed by atoms with Gasteiger partial charge in [-0.25, -0.2) is 4.39 Å². The molecule has 0 unspecified atom stereocenters. The Labute approximate surface area is 158 Å². The van der Waals surface area contributed by atoms with E-state index < -0.39 is 0 Å². The fourth-order valence-electron chi connectivity index (χ4n) is 2.63. The highest BCUT2D eigenvalue weighted by Crippen LogP contribution is 2.11. The highest BCUT2D eigenvalue weighted by Gasteiger charge is 2.13. The standard InChI is InChI=1S/C21H23FN2O3/c1-15(25)17-7-9-19(10-8-17)23-21(27)12-14-24(16(2)26)13-11-18-5-3-4-6-20(18)22/h3-10H,11-14H2,1-2H3,(H,23,27). The van der Waals surface area contributed by atoms with Crippen LogP contribution in [0.15, 0.2) is 48.5 Å². The number of nitrogens with one attached hydrogen (secondary N) is 1. The molecule has 0 aliphatic carbocycles. The fourth-order valence-corrected chi connectivity index (χ4v) is 2.63. The van der Waals surface area contributed by atoms with E-state index in [1.54, 1.807) is 42.5 Å². The van der Waals surface area contributed by atoms with Gasteiger partial charge >= 0.3 is 0 Å². The van der Waals surface area contributed by atoms with E-state index in [1.165, 1.54) is 24.8 Å². The molecule has 6 heteroatoms. The van der Waals surface area contributed by atoms with Crippen LogP contribution in [0.4, 0.5) is 10.1 Å². The third kappa shape index (κ3) is 6.33. The average Bonchev–Trinajstić information content (AvgIpc) is 2.63. The second kappa shape index (κ2) is 9.62. The van der Waals surface area contributed by atoms with Crippen molar-refractivity contribution in [3.8, 4) is 0 Å². The Balaban J connectivity index is 1.85. The summed E-state index contributed by atoms with van der Waals surface area (Å²) in [5, 5.41) is 2.74. The van der Waals surface area contributed by atoms with Crippen molar-refractivity contribution >= 4 is 23.3 Å². The van der Waals surface area contributed by atoms with Crippen LogP contribution in [-0.2, 0) is 16.0 Å². The highest BCUT2D eigenvalue weighted by atomic mass is 19.1. The van der Waals surface area contributed by atoms with Crippen molar-refractivity contribution in [1.82, 2.24) is 4.90 Å². The van der Waals surface area contributed by atoms with Gasteiger partial charge in [0, 0.05) is 37.7 Å². The largest absolute Gasteiger partial charge is 0.342 e. The maximum absolute atomic E-state index is 13.7. The molecular weight excluding hydrogens is 347 g/mol. The Kier molecular flexibility index (Phi) is 7.23. The molecule has 5 nitrogen and oxygen atoms in total. The van der Waals surface area contributed by atoms with E-state index in [9.17, 15) is 18.8 Å². The van der Waals surface area contributed by atoms with E-state index in [0.717, 1.165) is 0 Å². The van der Waals surface area contributed by atoms with Crippen molar-refractivity contribution < 1.29 is 18.8 Å². The lowest BCUT2D eigenvalue weighted by Crippen LogP contribution is -2.33. The van der Waals surface area contributed by atoms with Crippen LogP contribution in [-0.4, -0.2) is 35.6 Å². The summed E-state index contributed by atoms with van der Waals surface area (Å²) in [5.41, 5.74) is 1.70. The van der Waals surface area contributed by atoms with Gasteiger partial charge in [0.2, 0.25) is 11.8 Å². The maximum atomic E-state index is 13.7. The lowest BCUT2D eigenvalue weighted by atomic mass is 10.1. The van der Waals surface area contributed by atoms with Gasteiger partial charge in [-0.3, -0.25) is 14.4 Å². The third-order valence-corrected chi connectivity index (χ3v) is 4.24. The molecule has 2 amide bonds. The summed E-state index contributed by atoms with van der Waals surface area (Å²) < 4.78 is 13.7. The van der Waals surface area contributed by atoms with Crippen molar-refractivity contribution in [2.45, 2.75) is 26.7 Å². The fraction of sp³-hybridized carbons (Fsp3) is 0.286. The molecule has 2 aromatic carbocycles. The molecule has 0 saturated carbocycles. The topological polar surface area (TPSA) is 66.5 Å². The van der Waals surface area contributed by atoms with Gasteiger partial charge < -0.3 is 10.2 Å². The van der Waals surface area contributed by atoms with Crippen LogP contribution in [0.2, 0.25) is 0 Å². The molecule has 142 valence electrons. The first-order chi connectivity index (χ1) is 12.9. The number of halogens is 1. The monoisotopic (exact) mass is 370 g/mol. The van der Waals surface area contributed by atoms with Crippen molar-refractivity contribution in [2.75, 3.05) is 18.4 Å². The highest BCUT2D eigenvalue weighted by molar-refractivity contribution is 5.95. The first-order valence-electron chi connectivity index (χ1n) is 8.76. The molecule has 2 rings (SSSR count). The number of hydrogen-bond donors (Lipinski definition) is 1. The Hall–Kier alpha value is -3.02. The van der Waals surface area contributed by atoms with E-state index in [-0.39, 0.29) is 36.4 Å². The number of amides is 2. The molecule has 0 aliphatic heterocycles.